The predicted octanol–water partition coefficient (Wildman–Crippen LogP) is -0.662. The SMILES string of the molecule is COc1ccc(N)c(C(=O)N2CC(O)CC2C(N)=O)c1. The van der Waals surface area contributed by atoms with E-state index in [4.69, 9.17) is 16.2 Å². The van der Waals surface area contributed by atoms with Crippen LogP contribution in [0.2, 0.25) is 0 Å². The van der Waals surface area contributed by atoms with E-state index in [0.717, 1.165) is 0 Å². The molecule has 1 fully saturated rings. The van der Waals surface area contributed by atoms with Crippen LogP contribution in [0.15, 0.2) is 18.2 Å². The zero-order valence-electron chi connectivity index (χ0n) is 11.1. The molecule has 0 spiro atoms. The lowest BCUT2D eigenvalue weighted by atomic mass is 10.1. The van der Waals surface area contributed by atoms with Crippen LogP contribution in [0.5, 0.6) is 5.75 Å². The van der Waals surface area contributed by atoms with Gasteiger partial charge in [0.05, 0.1) is 18.8 Å². The van der Waals surface area contributed by atoms with E-state index in [0.29, 0.717) is 5.75 Å². The average Bonchev–Trinajstić information content (AvgIpc) is 2.81. The molecule has 7 heteroatoms. The Hall–Kier alpha value is -2.28. The summed E-state index contributed by atoms with van der Waals surface area (Å²) in [7, 11) is 1.48. The summed E-state index contributed by atoms with van der Waals surface area (Å²) < 4.78 is 5.05. The van der Waals surface area contributed by atoms with Crippen LogP contribution in [0, 0.1) is 0 Å². The highest BCUT2D eigenvalue weighted by molar-refractivity contribution is 6.02. The largest absolute Gasteiger partial charge is 0.497 e. The molecule has 2 amide bonds. The van der Waals surface area contributed by atoms with Crippen molar-refractivity contribution in [1.29, 1.82) is 0 Å². The van der Waals surface area contributed by atoms with Crippen LogP contribution >= 0.6 is 0 Å². The Morgan fingerprint density at radius 1 is 1.45 bits per heavy atom. The molecule has 1 saturated heterocycles. The Bertz CT molecular complexity index is 546. The maximum absolute atomic E-state index is 12.5. The molecule has 7 nitrogen and oxygen atoms in total. The normalized spacial score (nSPS) is 21.8. The molecule has 0 aromatic heterocycles. The smallest absolute Gasteiger partial charge is 0.256 e. The minimum absolute atomic E-state index is 0.0586. The van der Waals surface area contributed by atoms with E-state index in [9.17, 15) is 14.7 Å². The number of anilines is 1. The van der Waals surface area contributed by atoms with Gasteiger partial charge >= 0.3 is 0 Å². The second-order valence-corrected chi connectivity index (χ2v) is 4.72. The number of likely N-dealkylation sites (tertiary alicyclic amines) is 1. The number of nitrogen functional groups attached to an aromatic ring is 1. The van der Waals surface area contributed by atoms with E-state index in [1.807, 2.05) is 0 Å². The maximum Gasteiger partial charge on any atom is 0.256 e. The highest BCUT2D eigenvalue weighted by Crippen LogP contribution is 2.25. The van der Waals surface area contributed by atoms with Gasteiger partial charge in [0.1, 0.15) is 11.8 Å². The summed E-state index contributed by atoms with van der Waals surface area (Å²) in [6.45, 7) is 0.0586. The first-order valence-electron chi connectivity index (χ1n) is 6.16. The zero-order valence-corrected chi connectivity index (χ0v) is 11.1. The predicted molar refractivity (Wildman–Crippen MR) is 72.0 cm³/mol. The highest BCUT2D eigenvalue weighted by Gasteiger charge is 2.38. The van der Waals surface area contributed by atoms with Gasteiger partial charge in [0.2, 0.25) is 5.91 Å². The number of nitrogens with zero attached hydrogens (tertiary/aromatic N) is 1. The van der Waals surface area contributed by atoms with Crippen LogP contribution < -0.4 is 16.2 Å². The number of amides is 2. The fourth-order valence-electron chi connectivity index (χ4n) is 2.31. The van der Waals surface area contributed by atoms with Crippen LogP contribution in [-0.2, 0) is 4.79 Å². The van der Waals surface area contributed by atoms with Gasteiger partial charge in [-0.15, -0.1) is 0 Å². The van der Waals surface area contributed by atoms with Gasteiger partial charge in [-0.25, -0.2) is 0 Å². The van der Waals surface area contributed by atoms with Gasteiger partial charge in [0, 0.05) is 18.7 Å². The fraction of sp³-hybridized carbons (Fsp3) is 0.385. The van der Waals surface area contributed by atoms with Crippen molar-refractivity contribution in [2.24, 2.45) is 5.73 Å². The molecule has 5 N–H and O–H groups in total. The fourth-order valence-corrected chi connectivity index (χ4v) is 2.31. The summed E-state index contributed by atoms with van der Waals surface area (Å²) in [5.41, 5.74) is 11.6. The van der Waals surface area contributed by atoms with Gasteiger partial charge in [-0.3, -0.25) is 9.59 Å². The van der Waals surface area contributed by atoms with Crippen LogP contribution in [0.4, 0.5) is 5.69 Å². The van der Waals surface area contributed by atoms with E-state index in [-0.39, 0.29) is 24.2 Å². The van der Waals surface area contributed by atoms with Crippen molar-refractivity contribution in [3.8, 4) is 5.75 Å². The molecule has 20 heavy (non-hydrogen) atoms. The molecular formula is C13H17N3O4. The van der Waals surface area contributed by atoms with Crippen LogP contribution in [0.3, 0.4) is 0 Å². The molecule has 0 bridgehead atoms. The number of carbonyl (C=O) groups is 2. The number of aliphatic hydroxyl groups excluding tert-OH is 1. The molecule has 1 heterocycles. The van der Waals surface area contributed by atoms with Gasteiger partial charge in [-0.2, -0.15) is 0 Å². The number of primary amides is 1. The summed E-state index contributed by atoms with van der Waals surface area (Å²) in [6, 6.07) is 3.87. The Labute approximate surface area is 116 Å². The number of carbonyl (C=O) groups excluding carboxylic acids is 2. The highest BCUT2D eigenvalue weighted by atomic mass is 16.5. The summed E-state index contributed by atoms with van der Waals surface area (Å²) in [5.74, 6) is -0.601. The van der Waals surface area contributed by atoms with Crippen LogP contribution in [-0.4, -0.2) is 47.6 Å². The van der Waals surface area contributed by atoms with E-state index < -0.39 is 24.0 Å². The van der Waals surface area contributed by atoms with Crippen molar-refractivity contribution in [1.82, 2.24) is 4.90 Å². The van der Waals surface area contributed by atoms with E-state index in [1.165, 1.54) is 18.1 Å². The van der Waals surface area contributed by atoms with Gasteiger partial charge in [0.15, 0.2) is 0 Å². The number of benzene rings is 1. The molecule has 0 saturated carbocycles. The van der Waals surface area contributed by atoms with Crippen molar-refractivity contribution in [3.63, 3.8) is 0 Å². The number of aliphatic hydroxyl groups is 1. The van der Waals surface area contributed by atoms with Crippen molar-refractivity contribution in [2.45, 2.75) is 18.6 Å². The van der Waals surface area contributed by atoms with Crippen molar-refractivity contribution < 1.29 is 19.4 Å². The minimum atomic E-state index is -0.817. The lowest BCUT2D eigenvalue weighted by Crippen LogP contribution is -2.43. The second kappa shape index (κ2) is 5.38. The lowest BCUT2D eigenvalue weighted by molar-refractivity contribution is -0.121. The topological polar surface area (TPSA) is 119 Å². The van der Waals surface area contributed by atoms with Gasteiger partial charge in [-0.05, 0) is 18.2 Å². The van der Waals surface area contributed by atoms with Crippen molar-refractivity contribution in [2.75, 3.05) is 19.4 Å². The Morgan fingerprint density at radius 3 is 2.75 bits per heavy atom. The molecule has 2 unspecified atom stereocenters. The number of hydrogen-bond donors (Lipinski definition) is 3. The first kappa shape index (κ1) is 14.1. The van der Waals surface area contributed by atoms with Crippen molar-refractivity contribution >= 4 is 17.5 Å². The number of methoxy groups -OCH3 is 1. The van der Waals surface area contributed by atoms with Crippen molar-refractivity contribution in [3.05, 3.63) is 23.8 Å². The van der Waals surface area contributed by atoms with E-state index >= 15 is 0 Å². The maximum atomic E-state index is 12.5. The van der Waals surface area contributed by atoms with Crippen LogP contribution in [0.25, 0.3) is 0 Å². The summed E-state index contributed by atoms with van der Waals surface area (Å²) in [5, 5.41) is 9.63. The number of rotatable bonds is 3. The number of ether oxygens (including phenoxy) is 1. The second-order valence-electron chi connectivity index (χ2n) is 4.72. The number of nitrogens with two attached hydrogens (primary N) is 2. The Morgan fingerprint density at radius 2 is 2.15 bits per heavy atom. The average molecular weight is 279 g/mol. The quantitative estimate of drug-likeness (QED) is 0.634. The molecule has 2 atom stereocenters. The summed E-state index contributed by atoms with van der Waals surface area (Å²) in [4.78, 5) is 25.1. The monoisotopic (exact) mass is 279 g/mol. The number of β-amino-alcohol motifs (C(OH)–C–C–N with tert-alkyl or cyclic N) is 1. The van der Waals surface area contributed by atoms with Crippen LogP contribution in [0.1, 0.15) is 16.8 Å². The third-order valence-electron chi connectivity index (χ3n) is 3.36. The standard InChI is InChI=1S/C13H17N3O4/c1-20-8-2-3-10(14)9(5-8)13(19)16-6-7(17)4-11(16)12(15)18/h2-3,5,7,11,17H,4,6,14H2,1H3,(H2,15,18). The minimum Gasteiger partial charge on any atom is -0.497 e. The summed E-state index contributed by atoms with van der Waals surface area (Å²) >= 11 is 0. The molecule has 2 rings (SSSR count). The van der Waals surface area contributed by atoms with Gasteiger partial charge in [-0.1, -0.05) is 0 Å². The zero-order chi connectivity index (χ0) is 14.9. The first-order chi connectivity index (χ1) is 9.43. The Balaban J connectivity index is 2.33. The lowest BCUT2D eigenvalue weighted by Gasteiger charge is -2.22. The molecule has 1 aliphatic rings. The molecule has 1 aliphatic heterocycles. The third kappa shape index (κ3) is 2.53. The molecule has 0 radical (unpaired) electrons. The number of hydrogen-bond acceptors (Lipinski definition) is 5. The third-order valence-corrected chi connectivity index (χ3v) is 3.36. The molecule has 1 aromatic rings. The first-order valence-corrected chi connectivity index (χ1v) is 6.16. The van der Waals surface area contributed by atoms with E-state index in [1.54, 1.807) is 12.1 Å². The molecule has 1 aromatic carbocycles. The summed E-state index contributed by atoms with van der Waals surface area (Å²) in [6.07, 6.45) is -0.617. The molecule has 0 aliphatic carbocycles. The van der Waals surface area contributed by atoms with E-state index in [2.05, 4.69) is 0 Å². The Kier molecular flexibility index (Phi) is 3.80. The van der Waals surface area contributed by atoms with Gasteiger partial charge < -0.3 is 26.2 Å². The molecule has 108 valence electrons. The van der Waals surface area contributed by atoms with Gasteiger partial charge in [0.25, 0.3) is 5.91 Å². The molecular weight excluding hydrogens is 262 g/mol.